The number of hydrogen-bond acceptors (Lipinski definition) is 4. The van der Waals surface area contributed by atoms with Gasteiger partial charge in [-0.2, -0.15) is 0 Å². The molecule has 3 amide bonds. The van der Waals surface area contributed by atoms with Gasteiger partial charge in [0.1, 0.15) is 6.04 Å². The number of benzene rings is 3. The Kier molecular flexibility index (Phi) is 6.16. The Labute approximate surface area is 187 Å². The molecule has 166 valence electrons. The van der Waals surface area contributed by atoms with E-state index in [4.69, 9.17) is 9.47 Å². The molecule has 0 bridgehead atoms. The molecule has 2 N–H and O–H groups in total. The Morgan fingerprint density at radius 3 is 2.41 bits per heavy atom. The molecule has 0 fully saturated rings. The van der Waals surface area contributed by atoms with Crippen LogP contribution in [0.25, 0.3) is 10.8 Å². The molecule has 0 spiro atoms. The first-order valence-corrected chi connectivity index (χ1v) is 10.6. The second-order valence-corrected chi connectivity index (χ2v) is 7.83. The average molecular weight is 434 g/mol. The van der Waals surface area contributed by atoms with Gasteiger partial charge in [0.05, 0.1) is 14.2 Å². The monoisotopic (exact) mass is 433 g/mol. The van der Waals surface area contributed by atoms with Crippen molar-refractivity contribution in [1.82, 2.24) is 10.2 Å². The van der Waals surface area contributed by atoms with Crippen LogP contribution in [-0.2, 0) is 17.8 Å². The van der Waals surface area contributed by atoms with E-state index >= 15 is 0 Å². The first kappa shape index (κ1) is 21.5. The number of urea groups is 1. The number of fused-ring (bicyclic) bond motifs is 2. The van der Waals surface area contributed by atoms with E-state index in [9.17, 15) is 9.59 Å². The molecular weight excluding hydrogens is 406 g/mol. The van der Waals surface area contributed by atoms with Crippen LogP contribution in [0.1, 0.15) is 18.1 Å². The Morgan fingerprint density at radius 1 is 0.969 bits per heavy atom. The molecule has 0 aromatic heterocycles. The van der Waals surface area contributed by atoms with Gasteiger partial charge in [-0.05, 0) is 48.1 Å². The van der Waals surface area contributed by atoms with E-state index in [-0.39, 0.29) is 11.9 Å². The number of ether oxygens (including phenoxy) is 2. The van der Waals surface area contributed by atoms with Crippen LogP contribution in [0.2, 0.25) is 0 Å². The van der Waals surface area contributed by atoms with Crippen LogP contribution in [0.15, 0.2) is 54.6 Å². The van der Waals surface area contributed by atoms with Crippen LogP contribution in [0.5, 0.6) is 11.5 Å². The average Bonchev–Trinajstić information content (AvgIpc) is 2.82. The second kappa shape index (κ2) is 9.18. The fourth-order valence-electron chi connectivity index (χ4n) is 3.97. The summed E-state index contributed by atoms with van der Waals surface area (Å²) in [6.45, 7) is 2.69. The summed E-state index contributed by atoms with van der Waals surface area (Å²) in [5.41, 5.74) is 2.87. The molecule has 32 heavy (non-hydrogen) atoms. The number of anilines is 1. The lowest BCUT2D eigenvalue weighted by molar-refractivity contribution is -0.117. The lowest BCUT2D eigenvalue weighted by Crippen LogP contribution is -2.49. The Hall–Kier alpha value is -3.74. The first-order chi connectivity index (χ1) is 15.5. The van der Waals surface area contributed by atoms with Crippen LogP contribution >= 0.6 is 0 Å². The molecule has 0 aliphatic carbocycles. The zero-order valence-electron chi connectivity index (χ0n) is 18.5. The highest BCUT2D eigenvalue weighted by Gasteiger charge is 2.25. The minimum Gasteiger partial charge on any atom is -0.493 e. The smallest absolute Gasteiger partial charge is 0.318 e. The summed E-state index contributed by atoms with van der Waals surface area (Å²) in [5, 5.41) is 7.75. The van der Waals surface area contributed by atoms with Gasteiger partial charge in [0, 0.05) is 24.2 Å². The van der Waals surface area contributed by atoms with Gasteiger partial charge in [-0.25, -0.2) is 4.79 Å². The molecule has 7 heteroatoms. The number of rotatable bonds is 5. The molecule has 3 aromatic rings. The van der Waals surface area contributed by atoms with Crippen molar-refractivity contribution in [2.24, 2.45) is 0 Å². The van der Waals surface area contributed by atoms with Gasteiger partial charge < -0.3 is 25.0 Å². The fourth-order valence-corrected chi connectivity index (χ4v) is 3.97. The van der Waals surface area contributed by atoms with Gasteiger partial charge in [0.2, 0.25) is 5.91 Å². The Morgan fingerprint density at radius 2 is 1.66 bits per heavy atom. The molecule has 4 rings (SSSR count). The zero-order valence-corrected chi connectivity index (χ0v) is 18.5. The quantitative estimate of drug-likeness (QED) is 0.639. The van der Waals surface area contributed by atoms with Gasteiger partial charge in [0.15, 0.2) is 11.5 Å². The number of amides is 3. The van der Waals surface area contributed by atoms with Gasteiger partial charge in [0.25, 0.3) is 0 Å². The molecule has 1 aliphatic heterocycles. The molecule has 1 atom stereocenters. The highest BCUT2D eigenvalue weighted by atomic mass is 16.5. The van der Waals surface area contributed by atoms with Crippen molar-refractivity contribution in [2.75, 3.05) is 26.1 Å². The molecule has 0 saturated heterocycles. The standard InChI is InChI=1S/C25H27N3O4/c1-16(24(29)27-21-10-6-8-17-7-4-5-9-20(17)21)26-25(30)28-12-11-18-13-22(31-2)23(32-3)14-19(18)15-28/h4-10,13-14,16H,11-12,15H2,1-3H3,(H,26,30)(H,27,29). The van der Waals surface area contributed by atoms with Crippen molar-refractivity contribution in [2.45, 2.75) is 25.9 Å². The van der Waals surface area contributed by atoms with Crippen molar-refractivity contribution >= 4 is 28.4 Å². The maximum absolute atomic E-state index is 12.8. The van der Waals surface area contributed by atoms with Crippen LogP contribution < -0.4 is 20.1 Å². The van der Waals surface area contributed by atoms with Crippen molar-refractivity contribution in [3.8, 4) is 11.5 Å². The van der Waals surface area contributed by atoms with Crippen LogP contribution in [-0.4, -0.2) is 43.6 Å². The van der Waals surface area contributed by atoms with E-state index in [0.717, 1.165) is 27.6 Å². The first-order valence-electron chi connectivity index (χ1n) is 10.6. The van der Waals surface area contributed by atoms with E-state index < -0.39 is 6.04 Å². The van der Waals surface area contributed by atoms with Gasteiger partial charge >= 0.3 is 6.03 Å². The van der Waals surface area contributed by atoms with E-state index in [0.29, 0.717) is 31.0 Å². The van der Waals surface area contributed by atoms with E-state index in [1.807, 2.05) is 54.6 Å². The van der Waals surface area contributed by atoms with E-state index in [2.05, 4.69) is 10.6 Å². The minimum atomic E-state index is -0.687. The summed E-state index contributed by atoms with van der Waals surface area (Å²) in [7, 11) is 3.20. The van der Waals surface area contributed by atoms with Crippen molar-refractivity contribution in [3.05, 3.63) is 65.7 Å². The molecular formula is C25H27N3O4. The molecule has 7 nitrogen and oxygen atoms in total. The lowest BCUT2D eigenvalue weighted by atomic mass is 9.99. The molecule has 1 unspecified atom stereocenters. The Balaban J connectivity index is 1.41. The third kappa shape index (κ3) is 4.32. The second-order valence-electron chi connectivity index (χ2n) is 7.83. The van der Waals surface area contributed by atoms with Crippen LogP contribution in [0.4, 0.5) is 10.5 Å². The zero-order chi connectivity index (χ0) is 22.7. The van der Waals surface area contributed by atoms with Gasteiger partial charge in [-0.1, -0.05) is 36.4 Å². The third-order valence-corrected chi connectivity index (χ3v) is 5.79. The molecule has 1 heterocycles. The maximum Gasteiger partial charge on any atom is 0.318 e. The summed E-state index contributed by atoms with van der Waals surface area (Å²) >= 11 is 0. The molecule has 0 radical (unpaired) electrons. The highest BCUT2D eigenvalue weighted by Crippen LogP contribution is 2.33. The molecule has 1 aliphatic rings. The van der Waals surface area contributed by atoms with Crippen molar-refractivity contribution in [1.29, 1.82) is 0 Å². The summed E-state index contributed by atoms with van der Waals surface area (Å²) in [5.74, 6) is 1.05. The van der Waals surface area contributed by atoms with Crippen LogP contribution in [0, 0.1) is 0 Å². The fraction of sp³-hybridized carbons (Fsp3) is 0.280. The maximum atomic E-state index is 12.8. The largest absolute Gasteiger partial charge is 0.493 e. The lowest BCUT2D eigenvalue weighted by Gasteiger charge is -2.30. The number of nitrogens with zero attached hydrogens (tertiary/aromatic N) is 1. The summed E-state index contributed by atoms with van der Waals surface area (Å²) < 4.78 is 10.8. The van der Waals surface area contributed by atoms with E-state index in [1.54, 1.807) is 26.0 Å². The van der Waals surface area contributed by atoms with E-state index in [1.165, 1.54) is 0 Å². The summed E-state index contributed by atoms with van der Waals surface area (Å²) in [6, 6.07) is 16.5. The third-order valence-electron chi connectivity index (χ3n) is 5.79. The minimum absolute atomic E-state index is 0.265. The summed E-state index contributed by atoms with van der Waals surface area (Å²) in [6.07, 6.45) is 0.708. The highest BCUT2D eigenvalue weighted by molar-refractivity contribution is 6.04. The normalized spacial score (nSPS) is 13.8. The number of methoxy groups -OCH3 is 2. The SMILES string of the molecule is COc1cc2c(cc1OC)CN(C(=O)NC(C)C(=O)Nc1cccc3ccccc13)CC2. The topological polar surface area (TPSA) is 79.9 Å². The number of carbonyl (C=O) groups is 2. The van der Waals surface area contributed by atoms with Crippen molar-refractivity contribution < 1.29 is 19.1 Å². The van der Waals surface area contributed by atoms with Gasteiger partial charge in [-0.15, -0.1) is 0 Å². The number of hydrogen-bond donors (Lipinski definition) is 2. The predicted molar refractivity (Wildman–Crippen MR) is 124 cm³/mol. The summed E-state index contributed by atoms with van der Waals surface area (Å²) in [4.78, 5) is 27.3. The van der Waals surface area contributed by atoms with Crippen molar-refractivity contribution in [3.63, 3.8) is 0 Å². The Bertz CT molecular complexity index is 1160. The number of carbonyl (C=O) groups excluding carboxylic acids is 2. The predicted octanol–water partition coefficient (Wildman–Crippen LogP) is 3.95. The number of nitrogens with one attached hydrogen (secondary N) is 2. The molecule has 3 aromatic carbocycles. The van der Waals surface area contributed by atoms with Gasteiger partial charge in [-0.3, -0.25) is 4.79 Å². The van der Waals surface area contributed by atoms with Crippen LogP contribution in [0.3, 0.4) is 0 Å². The molecule has 0 saturated carbocycles.